The molecule has 92 valence electrons. The summed E-state index contributed by atoms with van der Waals surface area (Å²) in [6.07, 6.45) is -0.292. The number of carboxylic acids is 1. The quantitative estimate of drug-likeness (QED) is 0.665. The van der Waals surface area contributed by atoms with E-state index in [1.807, 2.05) is 0 Å². The van der Waals surface area contributed by atoms with Crippen LogP contribution in [0, 0.1) is 0 Å². The van der Waals surface area contributed by atoms with Crippen LogP contribution in [0.2, 0.25) is 0 Å². The largest absolute Gasteiger partial charge is 0.489 e. The molecule has 1 aliphatic rings. The maximum absolute atomic E-state index is 10.4. The van der Waals surface area contributed by atoms with Gasteiger partial charge in [-0.05, 0) is 18.2 Å². The second-order valence-corrected chi connectivity index (χ2v) is 3.77. The van der Waals surface area contributed by atoms with E-state index in [-0.39, 0.29) is 12.7 Å². The number of fused-ring (bicyclic) bond motifs is 1. The minimum absolute atomic E-state index is 0.292. The number of nitrogens with two attached hydrogens (primary N) is 1. The Morgan fingerprint density at radius 1 is 1.65 bits per heavy atom. The smallest absolute Gasteiger partial charge is 0.329 e. The van der Waals surface area contributed by atoms with Gasteiger partial charge in [0.05, 0.1) is 5.69 Å². The highest BCUT2D eigenvalue weighted by atomic mass is 16.5. The molecule has 0 saturated carbocycles. The van der Waals surface area contributed by atoms with E-state index < -0.39 is 5.97 Å². The standard InChI is InChI=1S/C11H14N2O4/c12-7-1-2-10-9(3-7)13-4-8(5-17-10)16-6-11(14)15/h1-3,8,13H,4-6,12H2,(H,14,15)/t8-/m0/s1. The molecule has 0 aliphatic carbocycles. The van der Waals surface area contributed by atoms with Gasteiger partial charge in [-0.1, -0.05) is 0 Å². The van der Waals surface area contributed by atoms with Crippen LogP contribution in [0.3, 0.4) is 0 Å². The Balaban J connectivity index is 1.99. The van der Waals surface area contributed by atoms with Crippen LogP contribution in [0.1, 0.15) is 0 Å². The van der Waals surface area contributed by atoms with Crippen molar-refractivity contribution in [2.75, 3.05) is 30.8 Å². The summed E-state index contributed by atoms with van der Waals surface area (Å²) >= 11 is 0. The lowest BCUT2D eigenvalue weighted by Crippen LogP contribution is -2.29. The minimum Gasteiger partial charge on any atom is -0.489 e. The first kappa shape index (κ1) is 11.5. The molecule has 0 fully saturated rings. The highest BCUT2D eigenvalue weighted by molar-refractivity contribution is 5.68. The number of nitrogens with one attached hydrogen (secondary N) is 1. The van der Waals surface area contributed by atoms with Crippen molar-refractivity contribution in [3.05, 3.63) is 18.2 Å². The molecule has 0 radical (unpaired) electrons. The third-order valence-corrected chi connectivity index (χ3v) is 2.39. The van der Waals surface area contributed by atoms with E-state index in [0.29, 0.717) is 24.6 Å². The lowest BCUT2D eigenvalue weighted by atomic mass is 10.2. The molecule has 4 N–H and O–H groups in total. The fraction of sp³-hybridized carbons (Fsp3) is 0.364. The lowest BCUT2D eigenvalue weighted by molar-refractivity contribution is -0.144. The van der Waals surface area contributed by atoms with Crippen LogP contribution in [-0.4, -0.2) is 36.9 Å². The van der Waals surface area contributed by atoms with Crippen LogP contribution >= 0.6 is 0 Å². The van der Waals surface area contributed by atoms with Crippen LogP contribution in [-0.2, 0) is 9.53 Å². The average Bonchev–Trinajstić information content (AvgIpc) is 2.48. The number of hydrogen-bond acceptors (Lipinski definition) is 5. The first-order chi connectivity index (χ1) is 8.15. The van der Waals surface area contributed by atoms with Crippen molar-refractivity contribution >= 4 is 17.3 Å². The molecule has 0 spiro atoms. The van der Waals surface area contributed by atoms with Crippen LogP contribution in [0.25, 0.3) is 0 Å². The molecule has 6 nitrogen and oxygen atoms in total. The van der Waals surface area contributed by atoms with Gasteiger partial charge in [-0.3, -0.25) is 0 Å². The number of nitrogen functional groups attached to an aromatic ring is 1. The van der Waals surface area contributed by atoms with E-state index in [4.69, 9.17) is 20.3 Å². The molecule has 2 rings (SSSR count). The second kappa shape index (κ2) is 4.92. The number of anilines is 2. The Morgan fingerprint density at radius 3 is 3.24 bits per heavy atom. The number of rotatable bonds is 3. The summed E-state index contributed by atoms with van der Waals surface area (Å²) in [5, 5.41) is 11.6. The van der Waals surface area contributed by atoms with Crippen LogP contribution in [0.5, 0.6) is 5.75 Å². The van der Waals surface area contributed by atoms with E-state index in [9.17, 15) is 4.79 Å². The predicted molar refractivity (Wildman–Crippen MR) is 62.2 cm³/mol. The highest BCUT2D eigenvalue weighted by Gasteiger charge is 2.18. The molecule has 0 unspecified atom stereocenters. The number of hydrogen-bond donors (Lipinski definition) is 3. The van der Waals surface area contributed by atoms with Gasteiger partial charge in [0.1, 0.15) is 25.1 Å². The van der Waals surface area contributed by atoms with Gasteiger partial charge in [-0.15, -0.1) is 0 Å². The number of aliphatic carboxylic acids is 1. The van der Waals surface area contributed by atoms with E-state index >= 15 is 0 Å². The Kier molecular flexibility index (Phi) is 3.34. The maximum Gasteiger partial charge on any atom is 0.329 e. The van der Waals surface area contributed by atoms with Gasteiger partial charge in [-0.25, -0.2) is 4.79 Å². The molecule has 0 amide bonds. The Bertz CT molecular complexity index is 422. The zero-order valence-electron chi connectivity index (χ0n) is 9.18. The number of benzene rings is 1. The first-order valence-electron chi connectivity index (χ1n) is 5.25. The molecule has 1 aromatic rings. The molecule has 1 heterocycles. The SMILES string of the molecule is Nc1ccc2c(c1)NC[C@H](OCC(=O)O)CO2. The Morgan fingerprint density at radius 2 is 2.47 bits per heavy atom. The topological polar surface area (TPSA) is 93.8 Å². The van der Waals surface area contributed by atoms with Gasteiger partial charge in [0.15, 0.2) is 0 Å². The molecule has 0 saturated heterocycles. The summed E-state index contributed by atoms with van der Waals surface area (Å²) < 4.78 is 10.7. The van der Waals surface area contributed by atoms with E-state index in [0.717, 1.165) is 5.69 Å². The monoisotopic (exact) mass is 238 g/mol. The minimum atomic E-state index is -0.990. The zero-order valence-corrected chi connectivity index (χ0v) is 9.18. The fourth-order valence-electron chi connectivity index (χ4n) is 1.57. The first-order valence-corrected chi connectivity index (χ1v) is 5.25. The molecule has 0 bridgehead atoms. The molecule has 1 aromatic carbocycles. The normalized spacial score (nSPS) is 18.5. The van der Waals surface area contributed by atoms with Gasteiger partial charge in [0, 0.05) is 12.2 Å². The second-order valence-electron chi connectivity index (χ2n) is 3.77. The Hall–Kier alpha value is -1.95. The third-order valence-electron chi connectivity index (χ3n) is 2.39. The molecule has 1 atom stereocenters. The Labute approximate surface area is 98.3 Å². The predicted octanol–water partition coefficient (Wildman–Crippen LogP) is 0.543. The summed E-state index contributed by atoms with van der Waals surface area (Å²) in [6.45, 7) is 0.481. The van der Waals surface area contributed by atoms with Gasteiger partial charge < -0.3 is 25.6 Å². The summed E-state index contributed by atoms with van der Waals surface area (Å²) in [5.41, 5.74) is 7.10. The zero-order chi connectivity index (χ0) is 12.3. The highest BCUT2D eigenvalue weighted by Crippen LogP contribution is 2.28. The molecule has 17 heavy (non-hydrogen) atoms. The van der Waals surface area contributed by atoms with Crippen LogP contribution in [0.4, 0.5) is 11.4 Å². The van der Waals surface area contributed by atoms with Crippen molar-refractivity contribution < 1.29 is 19.4 Å². The summed E-state index contributed by atoms with van der Waals surface area (Å²) in [4.78, 5) is 10.4. The number of carbonyl (C=O) groups is 1. The van der Waals surface area contributed by atoms with Crippen molar-refractivity contribution in [2.45, 2.75) is 6.10 Å². The summed E-state index contributed by atoms with van der Waals surface area (Å²) in [5.74, 6) is -0.295. The lowest BCUT2D eigenvalue weighted by Gasteiger charge is -2.13. The third kappa shape index (κ3) is 3.01. The van der Waals surface area contributed by atoms with Crippen molar-refractivity contribution in [3.63, 3.8) is 0 Å². The molecule has 1 aliphatic heterocycles. The van der Waals surface area contributed by atoms with Gasteiger partial charge in [0.2, 0.25) is 0 Å². The molecule has 6 heteroatoms. The van der Waals surface area contributed by atoms with Crippen molar-refractivity contribution in [1.82, 2.24) is 0 Å². The average molecular weight is 238 g/mol. The van der Waals surface area contributed by atoms with Gasteiger partial charge in [0.25, 0.3) is 0 Å². The molecule has 0 aromatic heterocycles. The summed E-state index contributed by atoms with van der Waals surface area (Å²) in [6, 6.07) is 5.30. The van der Waals surface area contributed by atoms with Crippen molar-refractivity contribution in [1.29, 1.82) is 0 Å². The summed E-state index contributed by atoms with van der Waals surface area (Å²) in [7, 11) is 0. The van der Waals surface area contributed by atoms with Crippen molar-refractivity contribution in [2.24, 2.45) is 0 Å². The van der Waals surface area contributed by atoms with E-state index in [2.05, 4.69) is 5.32 Å². The maximum atomic E-state index is 10.4. The van der Waals surface area contributed by atoms with Crippen LogP contribution in [0.15, 0.2) is 18.2 Å². The fourth-order valence-corrected chi connectivity index (χ4v) is 1.57. The van der Waals surface area contributed by atoms with Gasteiger partial charge in [-0.2, -0.15) is 0 Å². The van der Waals surface area contributed by atoms with Crippen molar-refractivity contribution in [3.8, 4) is 5.75 Å². The van der Waals surface area contributed by atoms with Gasteiger partial charge >= 0.3 is 5.97 Å². The van der Waals surface area contributed by atoms with E-state index in [1.54, 1.807) is 18.2 Å². The van der Waals surface area contributed by atoms with E-state index in [1.165, 1.54) is 0 Å². The number of ether oxygens (including phenoxy) is 2. The molecular weight excluding hydrogens is 224 g/mol. The number of carboxylic acid groups (broad SMARTS) is 1. The van der Waals surface area contributed by atoms with Crippen LogP contribution < -0.4 is 15.8 Å². The molecular formula is C11H14N2O4.